The molecule has 0 N–H and O–H groups in total. The molecule has 1 aliphatic rings. The van der Waals surface area contributed by atoms with Gasteiger partial charge in [-0.05, 0) is 5.41 Å². The molecular formula is C26H31Cl3Ti. The van der Waals surface area contributed by atoms with Gasteiger partial charge in [-0.1, -0.05) is 131 Å². The van der Waals surface area contributed by atoms with Crippen LogP contribution < -0.4 is 37.2 Å². The zero-order chi connectivity index (χ0) is 18.2. The maximum absolute atomic E-state index is 3.62. The Morgan fingerprint density at radius 2 is 1.27 bits per heavy atom. The number of hydrogen-bond acceptors (Lipinski definition) is 0. The van der Waals surface area contributed by atoms with Gasteiger partial charge < -0.3 is 37.2 Å². The molecule has 0 aromatic heterocycles. The van der Waals surface area contributed by atoms with Crippen LogP contribution in [-0.2, 0) is 27.1 Å². The monoisotopic (exact) mass is 496 g/mol. The van der Waals surface area contributed by atoms with E-state index in [4.69, 9.17) is 0 Å². The molecule has 0 fully saturated rings. The van der Waals surface area contributed by atoms with E-state index in [1.54, 1.807) is 5.57 Å². The van der Waals surface area contributed by atoms with Gasteiger partial charge in [0, 0.05) is 0 Å². The van der Waals surface area contributed by atoms with Crippen molar-refractivity contribution >= 4 is 0 Å². The van der Waals surface area contributed by atoms with Crippen LogP contribution in [0.15, 0.2) is 77.9 Å². The third-order valence-electron chi connectivity index (χ3n) is 5.68. The van der Waals surface area contributed by atoms with Crippen molar-refractivity contribution in [2.75, 3.05) is 0 Å². The summed E-state index contributed by atoms with van der Waals surface area (Å²) >= 11 is 0. The summed E-state index contributed by atoms with van der Waals surface area (Å²) in [5.41, 5.74) is 5.87. The Morgan fingerprint density at radius 1 is 0.767 bits per heavy atom. The average molecular weight is 498 g/mol. The predicted octanol–water partition coefficient (Wildman–Crippen LogP) is -1.58. The van der Waals surface area contributed by atoms with Crippen LogP contribution >= 0.6 is 0 Å². The Hall–Kier alpha value is -0.496. The van der Waals surface area contributed by atoms with Gasteiger partial charge in [0.05, 0.1) is 0 Å². The van der Waals surface area contributed by atoms with Crippen LogP contribution in [-0.4, -0.2) is 0 Å². The van der Waals surface area contributed by atoms with Gasteiger partial charge in [-0.3, -0.25) is 6.08 Å². The number of benzene rings is 2. The first-order valence-corrected chi connectivity index (χ1v) is 10.2. The minimum absolute atomic E-state index is 0. The normalized spacial score (nSPS) is 12.3. The molecule has 0 saturated heterocycles. The number of halogens is 3. The molecule has 160 valence electrons. The van der Waals surface area contributed by atoms with Gasteiger partial charge in [0.1, 0.15) is 0 Å². The van der Waals surface area contributed by atoms with Crippen molar-refractivity contribution in [3.05, 3.63) is 95.1 Å². The molecule has 0 amide bonds. The molecule has 30 heavy (non-hydrogen) atoms. The second kappa shape index (κ2) is 16.2. The van der Waals surface area contributed by atoms with E-state index in [0.717, 1.165) is 19.3 Å². The molecule has 0 unspecified atom stereocenters. The third kappa shape index (κ3) is 7.01. The van der Waals surface area contributed by atoms with Crippen LogP contribution in [0.3, 0.4) is 0 Å². The van der Waals surface area contributed by atoms with Crippen molar-refractivity contribution in [2.45, 2.75) is 64.2 Å². The molecule has 4 heteroatoms. The van der Waals surface area contributed by atoms with Crippen molar-refractivity contribution < 1.29 is 58.9 Å². The number of unbranched alkanes of at least 4 members (excludes halogenated alkanes) is 2. The average Bonchev–Trinajstić information content (AvgIpc) is 3.18. The van der Waals surface area contributed by atoms with Crippen LogP contribution in [0.25, 0.3) is 0 Å². The van der Waals surface area contributed by atoms with Crippen molar-refractivity contribution in [2.24, 2.45) is 0 Å². The fraction of sp³-hybridized carbons (Fsp3) is 0.385. The number of hydrogen-bond donors (Lipinski definition) is 0. The van der Waals surface area contributed by atoms with E-state index in [1.165, 1.54) is 42.4 Å². The second-order valence-corrected chi connectivity index (χ2v) is 7.35. The minimum Gasteiger partial charge on any atom is -1.00 e. The van der Waals surface area contributed by atoms with E-state index in [2.05, 4.69) is 86.7 Å². The summed E-state index contributed by atoms with van der Waals surface area (Å²) in [4.78, 5) is 0. The second-order valence-electron chi connectivity index (χ2n) is 7.35. The van der Waals surface area contributed by atoms with Gasteiger partial charge in [0.15, 0.2) is 0 Å². The van der Waals surface area contributed by atoms with E-state index in [9.17, 15) is 0 Å². The third-order valence-corrected chi connectivity index (χ3v) is 5.68. The fourth-order valence-corrected chi connectivity index (χ4v) is 4.34. The van der Waals surface area contributed by atoms with E-state index < -0.39 is 0 Å². The standard InChI is InChI=1S/C26H31.3ClH.Ti/c1-3-5-14-22-15-13-20-25(22)26(21-6-4-2,23-16-9-7-10-17-23)24-18-11-8-12-19-24;;;;/h7-13,16-19H,3-6,14,20-21H2,1-2H3;3*1H;/q-1;;;;+4/p-3. The zero-order valence-corrected chi connectivity index (χ0v) is 21.8. The molecule has 3 rings (SSSR count). The maximum Gasteiger partial charge on any atom is 4.00 e. The molecule has 0 bridgehead atoms. The summed E-state index contributed by atoms with van der Waals surface area (Å²) in [6, 6.07) is 22.3. The molecule has 2 aromatic carbocycles. The van der Waals surface area contributed by atoms with Crippen LogP contribution in [0.4, 0.5) is 0 Å². The summed E-state index contributed by atoms with van der Waals surface area (Å²) in [5, 5.41) is 0. The van der Waals surface area contributed by atoms with Gasteiger partial charge in [-0.15, -0.1) is 0 Å². The first-order valence-electron chi connectivity index (χ1n) is 10.2. The van der Waals surface area contributed by atoms with Crippen molar-refractivity contribution in [3.63, 3.8) is 0 Å². The SMILES string of the molecule is CCCCC1=C(C(CCCC)(c2ccccc2)c2ccccc2)CC=[C-]1.[Cl-].[Cl-].[Cl-].[Ti+4]. The van der Waals surface area contributed by atoms with Gasteiger partial charge in [0.2, 0.25) is 0 Å². The Morgan fingerprint density at radius 3 is 1.73 bits per heavy atom. The van der Waals surface area contributed by atoms with Gasteiger partial charge in [-0.2, -0.15) is 11.6 Å². The molecule has 0 heterocycles. The van der Waals surface area contributed by atoms with Crippen LogP contribution in [0.2, 0.25) is 0 Å². The molecule has 0 nitrogen and oxygen atoms in total. The number of allylic oxidation sites excluding steroid dienone is 4. The van der Waals surface area contributed by atoms with Crippen molar-refractivity contribution in [1.82, 2.24) is 0 Å². The largest absolute Gasteiger partial charge is 4.00 e. The Bertz CT molecular complexity index is 715. The van der Waals surface area contributed by atoms with Crippen molar-refractivity contribution in [1.29, 1.82) is 0 Å². The summed E-state index contributed by atoms with van der Waals surface area (Å²) in [6.45, 7) is 4.57. The molecular weight excluding hydrogens is 467 g/mol. The Labute approximate surface area is 217 Å². The minimum atomic E-state index is -0.0262. The zero-order valence-electron chi connectivity index (χ0n) is 17.9. The van der Waals surface area contributed by atoms with Crippen LogP contribution in [0, 0.1) is 6.08 Å². The summed E-state index contributed by atoms with van der Waals surface area (Å²) < 4.78 is 0. The van der Waals surface area contributed by atoms with E-state index in [1.807, 2.05) is 0 Å². The molecule has 1 aliphatic carbocycles. The molecule has 2 aromatic rings. The van der Waals surface area contributed by atoms with E-state index >= 15 is 0 Å². The molecule has 0 atom stereocenters. The summed E-state index contributed by atoms with van der Waals surface area (Å²) in [5.74, 6) is 0. The Kier molecular flexibility index (Phi) is 17.1. The Balaban J connectivity index is 0. The van der Waals surface area contributed by atoms with Gasteiger partial charge in [0.25, 0.3) is 0 Å². The first-order chi connectivity index (χ1) is 12.8. The molecule has 0 saturated carbocycles. The first kappa shape index (κ1) is 31.7. The quantitative estimate of drug-likeness (QED) is 0.290. The summed E-state index contributed by atoms with van der Waals surface area (Å²) in [7, 11) is 0. The van der Waals surface area contributed by atoms with E-state index in [0.29, 0.717) is 0 Å². The predicted molar refractivity (Wildman–Crippen MR) is 112 cm³/mol. The smallest absolute Gasteiger partial charge is 1.00 e. The fourth-order valence-electron chi connectivity index (χ4n) is 4.34. The number of rotatable bonds is 9. The molecule has 0 spiro atoms. The topological polar surface area (TPSA) is 0 Å². The summed E-state index contributed by atoms with van der Waals surface area (Å²) in [6.07, 6.45) is 14.1. The van der Waals surface area contributed by atoms with Crippen molar-refractivity contribution in [3.8, 4) is 0 Å². The van der Waals surface area contributed by atoms with Crippen LogP contribution in [0.5, 0.6) is 0 Å². The molecule has 0 radical (unpaired) electrons. The van der Waals surface area contributed by atoms with E-state index in [-0.39, 0.29) is 64.4 Å². The van der Waals surface area contributed by atoms with Gasteiger partial charge >= 0.3 is 21.7 Å². The van der Waals surface area contributed by atoms with Gasteiger partial charge in [-0.25, -0.2) is 5.57 Å². The maximum atomic E-state index is 3.62. The molecule has 0 aliphatic heterocycles. The van der Waals surface area contributed by atoms with Crippen LogP contribution in [0.1, 0.15) is 69.9 Å².